The van der Waals surface area contributed by atoms with Crippen LogP contribution in [0.4, 0.5) is 0 Å². The number of hydrogen-bond acceptors (Lipinski definition) is 6. The first-order valence-electron chi connectivity index (χ1n) is 8.76. The average molecular weight is 388 g/mol. The number of rotatable bonds is 10. The lowest BCUT2D eigenvalue weighted by Crippen LogP contribution is -2.24. The van der Waals surface area contributed by atoms with Crippen molar-refractivity contribution in [1.29, 1.82) is 0 Å². The van der Waals surface area contributed by atoms with Crippen LogP contribution in [-0.2, 0) is 11.2 Å². The van der Waals surface area contributed by atoms with Crippen molar-refractivity contribution in [3.63, 3.8) is 0 Å². The highest BCUT2D eigenvalue weighted by atomic mass is 32.2. The molecule has 0 atom stereocenters. The number of carbonyl (C=O) groups excluding carboxylic acids is 2. The molecule has 0 bridgehead atoms. The zero-order valence-corrected chi connectivity index (χ0v) is 16.7. The molecule has 0 aromatic heterocycles. The molecule has 0 fully saturated rings. The van der Waals surface area contributed by atoms with E-state index in [2.05, 4.69) is 17.4 Å². The van der Waals surface area contributed by atoms with Gasteiger partial charge in [-0.3, -0.25) is 9.59 Å². The molecule has 2 aromatic carbocycles. The summed E-state index contributed by atoms with van der Waals surface area (Å²) in [5, 5.41) is 3.19. The summed E-state index contributed by atoms with van der Waals surface area (Å²) in [6, 6.07) is 13.1. The molecule has 0 saturated heterocycles. The van der Waals surface area contributed by atoms with E-state index in [0.29, 0.717) is 11.3 Å². The largest absolute Gasteiger partial charge is 0.497 e. The molecule has 2 aromatic rings. The number of esters is 1. The van der Waals surface area contributed by atoms with Gasteiger partial charge in [-0.2, -0.15) is 0 Å². The zero-order valence-electron chi connectivity index (χ0n) is 15.9. The van der Waals surface area contributed by atoms with Gasteiger partial charge in [0.1, 0.15) is 11.5 Å². The Morgan fingerprint density at radius 3 is 2.48 bits per heavy atom. The smallest absolute Gasteiger partial charge is 0.308 e. The highest BCUT2D eigenvalue weighted by molar-refractivity contribution is 7.98. The van der Waals surface area contributed by atoms with Crippen molar-refractivity contribution in [2.75, 3.05) is 26.5 Å². The fraction of sp³-hybridized carbons (Fsp3) is 0.333. The highest BCUT2D eigenvalue weighted by Gasteiger charge is 2.11. The Hall–Kier alpha value is -2.31. The van der Waals surface area contributed by atoms with Gasteiger partial charge in [0.05, 0.1) is 18.6 Å². The van der Waals surface area contributed by atoms with Crippen LogP contribution in [-0.4, -0.2) is 38.2 Å². The first-order valence-corrected chi connectivity index (χ1v) is 9.99. The topological polar surface area (TPSA) is 64.6 Å². The van der Waals surface area contributed by atoms with Crippen LogP contribution in [0.25, 0.3) is 0 Å². The lowest BCUT2D eigenvalue weighted by Gasteiger charge is -2.09. The molecular formula is C21H25NO4S. The van der Waals surface area contributed by atoms with E-state index in [-0.39, 0.29) is 18.3 Å². The summed E-state index contributed by atoms with van der Waals surface area (Å²) in [5.41, 5.74) is 1.85. The molecule has 0 amide bonds. The van der Waals surface area contributed by atoms with E-state index >= 15 is 0 Å². The molecule has 6 heteroatoms. The number of benzene rings is 2. The van der Waals surface area contributed by atoms with Crippen LogP contribution >= 0.6 is 11.8 Å². The summed E-state index contributed by atoms with van der Waals surface area (Å²) in [4.78, 5) is 24.3. The fourth-order valence-electron chi connectivity index (χ4n) is 2.59. The molecule has 0 aliphatic rings. The van der Waals surface area contributed by atoms with Gasteiger partial charge in [-0.15, -0.1) is 11.8 Å². The normalized spacial score (nSPS) is 10.5. The van der Waals surface area contributed by atoms with Crippen LogP contribution in [0.15, 0.2) is 47.4 Å². The second kappa shape index (κ2) is 10.7. The van der Waals surface area contributed by atoms with E-state index < -0.39 is 0 Å². The third-order valence-electron chi connectivity index (χ3n) is 4.00. The number of thioether (sulfide) groups is 1. The molecule has 0 radical (unpaired) electrons. The molecule has 144 valence electrons. The number of methoxy groups -OCH3 is 1. The molecule has 0 heterocycles. The minimum Gasteiger partial charge on any atom is -0.497 e. The van der Waals surface area contributed by atoms with Crippen molar-refractivity contribution in [2.24, 2.45) is 0 Å². The van der Waals surface area contributed by atoms with Gasteiger partial charge in [-0.25, -0.2) is 0 Å². The molecule has 2 rings (SSSR count). The quantitative estimate of drug-likeness (QED) is 0.220. The molecule has 0 unspecified atom stereocenters. The standard InChI is InChI=1S/C21H25NO4S/c1-15(23)26-20-11-8-17(13-21(20)27-3)19(24)14-22-12-4-5-16-6-9-18(25-2)10-7-16/h6-11,13,22H,4-5,12,14H2,1-3H3. The highest BCUT2D eigenvalue weighted by Crippen LogP contribution is 2.29. The van der Waals surface area contributed by atoms with E-state index in [1.165, 1.54) is 24.2 Å². The number of ether oxygens (including phenoxy) is 2. The summed E-state index contributed by atoms with van der Waals surface area (Å²) in [5.74, 6) is 0.984. The summed E-state index contributed by atoms with van der Waals surface area (Å²) < 4.78 is 10.3. The maximum Gasteiger partial charge on any atom is 0.308 e. The molecule has 27 heavy (non-hydrogen) atoms. The molecule has 0 spiro atoms. The molecular weight excluding hydrogens is 362 g/mol. The fourth-order valence-corrected chi connectivity index (χ4v) is 3.15. The van der Waals surface area contributed by atoms with Crippen molar-refractivity contribution in [1.82, 2.24) is 5.32 Å². The molecule has 0 aliphatic heterocycles. The van der Waals surface area contributed by atoms with Crippen LogP contribution in [0, 0.1) is 0 Å². The SMILES string of the molecule is COc1ccc(CCCNCC(=O)c2ccc(OC(C)=O)c(SC)c2)cc1. The first-order chi connectivity index (χ1) is 13.0. The Balaban J connectivity index is 1.78. The Bertz CT molecular complexity index is 774. The van der Waals surface area contributed by atoms with E-state index in [0.717, 1.165) is 30.0 Å². The third-order valence-corrected chi connectivity index (χ3v) is 4.76. The van der Waals surface area contributed by atoms with Gasteiger partial charge in [0, 0.05) is 12.5 Å². The number of Topliss-reactive ketones (excluding diaryl/α,β-unsaturated/α-hetero) is 1. The number of nitrogens with one attached hydrogen (secondary N) is 1. The van der Waals surface area contributed by atoms with Gasteiger partial charge in [0.25, 0.3) is 0 Å². The van der Waals surface area contributed by atoms with Gasteiger partial charge in [-0.05, 0) is 61.5 Å². The molecule has 0 aliphatic carbocycles. The molecule has 1 N–H and O–H groups in total. The van der Waals surface area contributed by atoms with Crippen molar-refractivity contribution in [3.8, 4) is 11.5 Å². The summed E-state index contributed by atoms with van der Waals surface area (Å²) in [6.45, 7) is 2.40. The number of hydrogen-bond donors (Lipinski definition) is 1. The molecule has 0 saturated carbocycles. The van der Waals surface area contributed by atoms with Crippen LogP contribution in [0.5, 0.6) is 11.5 Å². The van der Waals surface area contributed by atoms with Crippen LogP contribution in [0.3, 0.4) is 0 Å². The lowest BCUT2D eigenvalue weighted by atomic mass is 10.1. The maximum absolute atomic E-state index is 12.4. The minimum absolute atomic E-state index is 0.0177. The Labute approximate surface area is 164 Å². The zero-order chi connectivity index (χ0) is 19.6. The third kappa shape index (κ3) is 6.73. The monoisotopic (exact) mass is 387 g/mol. The van der Waals surface area contributed by atoms with Crippen LogP contribution in [0.2, 0.25) is 0 Å². The lowest BCUT2D eigenvalue weighted by molar-refractivity contribution is -0.132. The van der Waals surface area contributed by atoms with Gasteiger partial charge in [0.15, 0.2) is 5.78 Å². The van der Waals surface area contributed by atoms with Gasteiger partial charge >= 0.3 is 5.97 Å². The second-order valence-corrected chi connectivity index (χ2v) is 6.86. The summed E-state index contributed by atoms with van der Waals surface area (Å²) in [7, 11) is 1.65. The van der Waals surface area contributed by atoms with Crippen molar-refractivity contribution < 1.29 is 19.1 Å². The van der Waals surface area contributed by atoms with Gasteiger partial charge in [0.2, 0.25) is 0 Å². The van der Waals surface area contributed by atoms with E-state index in [9.17, 15) is 9.59 Å². The van der Waals surface area contributed by atoms with Crippen molar-refractivity contribution >= 4 is 23.5 Å². The van der Waals surface area contributed by atoms with Crippen molar-refractivity contribution in [3.05, 3.63) is 53.6 Å². The van der Waals surface area contributed by atoms with Gasteiger partial charge < -0.3 is 14.8 Å². The maximum atomic E-state index is 12.4. The number of aryl methyl sites for hydroxylation is 1. The van der Waals surface area contributed by atoms with E-state index in [1.54, 1.807) is 25.3 Å². The van der Waals surface area contributed by atoms with Crippen LogP contribution < -0.4 is 14.8 Å². The summed E-state index contributed by atoms with van der Waals surface area (Å²) >= 11 is 1.44. The van der Waals surface area contributed by atoms with Crippen LogP contribution in [0.1, 0.15) is 29.3 Å². The second-order valence-electron chi connectivity index (χ2n) is 6.01. The van der Waals surface area contributed by atoms with Crippen molar-refractivity contribution in [2.45, 2.75) is 24.7 Å². The Kier molecular flexibility index (Phi) is 8.36. The predicted molar refractivity (Wildman–Crippen MR) is 108 cm³/mol. The first kappa shape index (κ1) is 21.0. The number of ketones is 1. The minimum atomic E-state index is -0.372. The predicted octanol–water partition coefficient (Wildman–Crippen LogP) is 3.75. The number of carbonyl (C=O) groups is 2. The average Bonchev–Trinajstić information content (AvgIpc) is 2.68. The Morgan fingerprint density at radius 2 is 1.85 bits per heavy atom. The van der Waals surface area contributed by atoms with E-state index in [4.69, 9.17) is 9.47 Å². The Morgan fingerprint density at radius 1 is 1.11 bits per heavy atom. The van der Waals surface area contributed by atoms with E-state index in [1.807, 2.05) is 18.4 Å². The summed E-state index contributed by atoms with van der Waals surface area (Å²) in [6.07, 6.45) is 3.77. The molecule has 5 nitrogen and oxygen atoms in total. The van der Waals surface area contributed by atoms with Gasteiger partial charge in [-0.1, -0.05) is 12.1 Å².